The van der Waals surface area contributed by atoms with E-state index in [2.05, 4.69) is 5.32 Å². The lowest BCUT2D eigenvalue weighted by molar-refractivity contribution is 0.0954. The van der Waals surface area contributed by atoms with Crippen molar-refractivity contribution in [2.75, 3.05) is 26.7 Å². The Kier molecular flexibility index (Phi) is 6.11. The first-order valence-electron chi connectivity index (χ1n) is 7.76. The maximum atomic E-state index is 12.7. The average molecular weight is 353 g/mol. The van der Waals surface area contributed by atoms with Crippen LogP contribution in [0.3, 0.4) is 0 Å². The highest BCUT2D eigenvalue weighted by atomic mass is 32.1. The van der Waals surface area contributed by atoms with E-state index in [-0.39, 0.29) is 24.2 Å². The van der Waals surface area contributed by atoms with Crippen molar-refractivity contribution >= 4 is 27.5 Å². The number of nitrogens with one attached hydrogen (secondary N) is 1. The lowest BCUT2D eigenvalue weighted by Crippen LogP contribution is -2.29. The third kappa shape index (κ3) is 3.51. The van der Waals surface area contributed by atoms with Gasteiger partial charge in [-0.3, -0.25) is 14.5 Å². The molecule has 0 atom stereocenters. The van der Waals surface area contributed by atoms with E-state index >= 15 is 0 Å². The van der Waals surface area contributed by atoms with E-state index in [0.717, 1.165) is 4.88 Å². The topological polar surface area (TPSA) is 94.8 Å². The Labute approximate surface area is 144 Å². The molecule has 0 aliphatic carbocycles. The first kappa shape index (κ1) is 18.6. The number of nitrogens with zero attached hydrogens (tertiary/aromatic N) is 2. The molecular formula is C16H23N3O4S. The minimum Gasteiger partial charge on any atom is -0.395 e. The van der Waals surface area contributed by atoms with Crippen LogP contribution in [0.4, 0.5) is 0 Å². The number of pyridine rings is 1. The smallest absolute Gasteiger partial charge is 0.256 e. The average Bonchev–Trinajstić information content (AvgIpc) is 2.90. The Morgan fingerprint density at radius 2 is 2.12 bits per heavy atom. The van der Waals surface area contributed by atoms with Gasteiger partial charge in [-0.1, -0.05) is 0 Å². The Morgan fingerprint density at radius 1 is 1.42 bits per heavy atom. The van der Waals surface area contributed by atoms with E-state index in [1.807, 2.05) is 11.9 Å². The Hall–Kier alpha value is -1.74. The number of thiophene rings is 1. The molecule has 3 N–H and O–H groups in total. The molecule has 0 aliphatic heterocycles. The second-order valence-corrected chi connectivity index (χ2v) is 6.75. The van der Waals surface area contributed by atoms with Crippen molar-refractivity contribution in [3.8, 4) is 0 Å². The van der Waals surface area contributed by atoms with Gasteiger partial charge in [0.25, 0.3) is 5.91 Å². The summed E-state index contributed by atoms with van der Waals surface area (Å²) >= 11 is 1.30. The number of fused-ring (bicyclic) bond motifs is 1. The molecule has 0 bridgehead atoms. The van der Waals surface area contributed by atoms with E-state index in [0.29, 0.717) is 35.4 Å². The zero-order valence-corrected chi connectivity index (χ0v) is 14.9. The van der Waals surface area contributed by atoms with Gasteiger partial charge in [-0.05, 0) is 14.0 Å². The van der Waals surface area contributed by atoms with Crippen molar-refractivity contribution in [3.63, 3.8) is 0 Å². The van der Waals surface area contributed by atoms with E-state index in [9.17, 15) is 14.7 Å². The lowest BCUT2D eigenvalue weighted by atomic mass is 10.1. The molecule has 24 heavy (non-hydrogen) atoms. The highest BCUT2D eigenvalue weighted by Crippen LogP contribution is 2.30. The van der Waals surface area contributed by atoms with E-state index < -0.39 is 5.91 Å². The van der Waals surface area contributed by atoms with Crippen molar-refractivity contribution in [2.45, 2.75) is 20.1 Å². The minimum atomic E-state index is -0.391. The van der Waals surface area contributed by atoms with Crippen molar-refractivity contribution < 1.29 is 15.0 Å². The monoisotopic (exact) mass is 353 g/mol. The molecule has 0 aromatic carbocycles. The summed E-state index contributed by atoms with van der Waals surface area (Å²) in [5.41, 5.74) is 1.15. The summed E-state index contributed by atoms with van der Waals surface area (Å²) in [6.07, 6.45) is 1.52. The summed E-state index contributed by atoms with van der Waals surface area (Å²) < 4.78 is 2.19. The standard InChI is InChI=1S/C16H23N3O4S/c1-4-17-16(23)10-7-19(3)13-11(9-21)12(8-18(2)5-6-20)24-15(13)14(10)22/h7,20-21H,4-6,8-9H2,1-3H3,(H,17,23). The molecular weight excluding hydrogens is 330 g/mol. The van der Waals surface area contributed by atoms with Crippen LogP contribution in [0.5, 0.6) is 0 Å². The van der Waals surface area contributed by atoms with Crippen LogP contribution in [0.15, 0.2) is 11.0 Å². The second-order valence-electron chi connectivity index (χ2n) is 5.64. The normalized spacial score (nSPS) is 11.4. The van der Waals surface area contributed by atoms with E-state index in [1.165, 1.54) is 17.5 Å². The summed E-state index contributed by atoms with van der Waals surface area (Å²) in [6.45, 7) is 3.12. The predicted octanol–water partition coefficient (Wildman–Crippen LogP) is 0.266. The van der Waals surface area contributed by atoms with Crippen molar-refractivity contribution in [1.82, 2.24) is 14.8 Å². The Balaban J connectivity index is 2.60. The number of aliphatic hydroxyl groups is 2. The fourth-order valence-corrected chi connectivity index (χ4v) is 4.05. The number of hydrogen-bond acceptors (Lipinski definition) is 6. The van der Waals surface area contributed by atoms with Crippen LogP contribution in [-0.4, -0.2) is 52.3 Å². The second kappa shape index (κ2) is 7.89. The molecule has 0 radical (unpaired) electrons. The molecule has 2 heterocycles. The molecule has 0 aliphatic rings. The van der Waals surface area contributed by atoms with Crippen LogP contribution < -0.4 is 10.7 Å². The zero-order chi connectivity index (χ0) is 17.9. The summed E-state index contributed by atoms with van der Waals surface area (Å²) in [6, 6.07) is 0. The number of rotatable bonds is 7. The van der Waals surface area contributed by atoms with Crippen molar-refractivity contribution in [1.29, 1.82) is 0 Å². The lowest BCUT2D eigenvalue weighted by Gasteiger charge is -2.14. The molecule has 1 amide bonds. The number of carbonyl (C=O) groups is 1. The molecule has 8 heteroatoms. The SMILES string of the molecule is CCNC(=O)c1cn(C)c2c(CO)c(CN(C)CCO)sc2c1=O. The third-order valence-corrected chi connectivity index (χ3v) is 5.03. The number of aliphatic hydroxyl groups excluding tert-OH is 2. The van der Waals surface area contributed by atoms with Gasteiger partial charge in [-0.2, -0.15) is 0 Å². The third-order valence-electron chi connectivity index (χ3n) is 3.82. The molecule has 0 saturated heterocycles. The van der Waals surface area contributed by atoms with Gasteiger partial charge in [-0.15, -0.1) is 11.3 Å². The molecule has 2 aromatic rings. The number of aromatic nitrogens is 1. The summed E-state index contributed by atoms with van der Waals surface area (Å²) in [7, 11) is 3.62. The number of likely N-dealkylation sites (N-methyl/N-ethyl adjacent to an activating group) is 1. The molecule has 2 rings (SSSR count). The van der Waals surface area contributed by atoms with Crippen LogP contribution in [0.25, 0.3) is 10.2 Å². The number of hydrogen-bond donors (Lipinski definition) is 3. The van der Waals surface area contributed by atoms with Crippen LogP contribution in [0.1, 0.15) is 27.7 Å². The molecule has 132 valence electrons. The summed E-state index contributed by atoms with van der Waals surface area (Å²) in [5, 5.41) is 21.4. The number of carbonyl (C=O) groups excluding carboxylic acids is 1. The maximum Gasteiger partial charge on any atom is 0.256 e. The summed E-state index contributed by atoms with van der Waals surface area (Å²) in [4.78, 5) is 27.6. The largest absolute Gasteiger partial charge is 0.395 e. The van der Waals surface area contributed by atoms with Gasteiger partial charge < -0.3 is 20.1 Å². The Morgan fingerprint density at radius 3 is 2.71 bits per heavy atom. The fraction of sp³-hybridized carbons (Fsp3) is 0.500. The van der Waals surface area contributed by atoms with Gasteiger partial charge in [0.1, 0.15) is 5.56 Å². The quantitative estimate of drug-likeness (QED) is 0.664. The van der Waals surface area contributed by atoms with Gasteiger partial charge >= 0.3 is 0 Å². The molecule has 7 nitrogen and oxygen atoms in total. The van der Waals surface area contributed by atoms with Gasteiger partial charge in [0.05, 0.1) is 23.4 Å². The first-order valence-corrected chi connectivity index (χ1v) is 8.58. The predicted molar refractivity (Wildman–Crippen MR) is 94.4 cm³/mol. The van der Waals surface area contributed by atoms with E-state index in [1.54, 1.807) is 18.5 Å². The zero-order valence-electron chi connectivity index (χ0n) is 14.1. The van der Waals surface area contributed by atoms with Gasteiger partial charge in [0.15, 0.2) is 0 Å². The van der Waals surface area contributed by atoms with E-state index in [4.69, 9.17) is 5.11 Å². The van der Waals surface area contributed by atoms with Crippen molar-refractivity contribution in [3.05, 3.63) is 32.4 Å². The Bertz CT molecular complexity index is 797. The van der Waals surface area contributed by atoms with Gasteiger partial charge in [0, 0.05) is 43.3 Å². The van der Waals surface area contributed by atoms with Crippen LogP contribution in [0.2, 0.25) is 0 Å². The minimum absolute atomic E-state index is 0.0395. The molecule has 0 unspecified atom stereocenters. The highest BCUT2D eigenvalue weighted by Gasteiger charge is 2.21. The van der Waals surface area contributed by atoms with Gasteiger partial charge in [0.2, 0.25) is 5.43 Å². The van der Waals surface area contributed by atoms with Crippen LogP contribution >= 0.6 is 11.3 Å². The number of aryl methyl sites for hydroxylation is 1. The summed E-state index contributed by atoms with van der Waals surface area (Å²) in [5.74, 6) is -0.391. The maximum absolute atomic E-state index is 12.7. The molecule has 0 saturated carbocycles. The molecule has 0 fully saturated rings. The molecule has 2 aromatic heterocycles. The van der Waals surface area contributed by atoms with Gasteiger partial charge in [-0.25, -0.2) is 0 Å². The highest BCUT2D eigenvalue weighted by molar-refractivity contribution is 7.19. The number of amides is 1. The van der Waals surface area contributed by atoms with Crippen LogP contribution in [0, 0.1) is 0 Å². The molecule has 0 spiro atoms. The van der Waals surface area contributed by atoms with Crippen molar-refractivity contribution in [2.24, 2.45) is 7.05 Å². The van der Waals surface area contributed by atoms with Crippen LogP contribution in [-0.2, 0) is 20.2 Å². The first-order chi connectivity index (χ1) is 11.4. The fourth-order valence-electron chi connectivity index (χ4n) is 2.67.